The molecule has 1 aliphatic heterocycles. The molecule has 7 nitrogen and oxygen atoms in total. The van der Waals surface area contributed by atoms with Crippen LogP contribution in [0.4, 0.5) is 4.79 Å². The normalized spacial score (nSPS) is 21.5. The molecule has 8 heteroatoms. The van der Waals surface area contributed by atoms with Gasteiger partial charge in [-0.2, -0.15) is 0 Å². The largest absolute Gasteiger partial charge is 0.480 e. The number of aliphatic carboxylic acids is 1. The van der Waals surface area contributed by atoms with Crippen LogP contribution in [0, 0.1) is 0 Å². The fraction of sp³-hybridized carbons (Fsp3) is 0.615. The van der Waals surface area contributed by atoms with Crippen molar-refractivity contribution in [3.63, 3.8) is 0 Å². The molecule has 2 rings (SSSR count). The summed E-state index contributed by atoms with van der Waals surface area (Å²) in [4.78, 5) is 29.1. The highest BCUT2D eigenvalue weighted by atomic mass is 32.2. The first-order valence-electron chi connectivity index (χ1n) is 6.91. The van der Waals surface area contributed by atoms with E-state index in [2.05, 4.69) is 10.3 Å². The number of thioether (sulfide) groups is 1. The van der Waals surface area contributed by atoms with Gasteiger partial charge in [-0.15, -0.1) is 11.8 Å². The molecule has 0 radical (unpaired) electrons. The highest BCUT2D eigenvalue weighted by Gasteiger charge is 2.40. The van der Waals surface area contributed by atoms with Gasteiger partial charge in [0.2, 0.25) is 0 Å². The minimum absolute atomic E-state index is 0.0701. The number of carboxylic acid groups (broad SMARTS) is 1. The van der Waals surface area contributed by atoms with E-state index < -0.39 is 12.0 Å². The fourth-order valence-electron chi connectivity index (χ4n) is 2.35. The maximum absolute atomic E-state index is 12.3. The van der Waals surface area contributed by atoms with Gasteiger partial charge in [0.25, 0.3) is 0 Å². The number of carboxylic acids is 1. The van der Waals surface area contributed by atoms with Gasteiger partial charge in [-0.05, 0) is 6.42 Å². The zero-order valence-corrected chi connectivity index (χ0v) is 13.0. The highest BCUT2D eigenvalue weighted by molar-refractivity contribution is 8.00. The van der Waals surface area contributed by atoms with E-state index in [9.17, 15) is 14.7 Å². The number of aromatic nitrogens is 2. The van der Waals surface area contributed by atoms with Gasteiger partial charge in [0, 0.05) is 38.2 Å². The highest BCUT2D eigenvalue weighted by Crippen LogP contribution is 2.31. The number of nitrogens with zero attached hydrogens (tertiary/aromatic N) is 3. The van der Waals surface area contributed by atoms with Crippen molar-refractivity contribution < 1.29 is 14.7 Å². The summed E-state index contributed by atoms with van der Waals surface area (Å²) in [5.74, 6) is 0.381. The minimum atomic E-state index is -0.947. The zero-order chi connectivity index (χ0) is 15.4. The average Bonchev–Trinajstić information content (AvgIpc) is 3.05. The Morgan fingerprint density at radius 2 is 2.33 bits per heavy atom. The van der Waals surface area contributed by atoms with E-state index in [-0.39, 0.29) is 11.4 Å². The van der Waals surface area contributed by atoms with Gasteiger partial charge in [-0.25, -0.2) is 14.6 Å². The summed E-state index contributed by atoms with van der Waals surface area (Å²) in [6.45, 7) is 2.39. The summed E-state index contributed by atoms with van der Waals surface area (Å²) in [7, 11) is 1.90. The lowest BCUT2D eigenvalue weighted by molar-refractivity contribution is -0.141. The Hall–Kier alpha value is -1.70. The third-order valence-electron chi connectivity index (χ3n) is 3.51. The van der Waals surface area contributed by atoms with Crippen molar-refractivity contribution in [3.05, 3.63) is 18.2 Å². The Morgan fingerprint density at radius 3 is 2.90 bits per heavy atom. The van der Waals surface area contributed by atoms with Gasteiger partial charge < -0.3 is 15.0 Å². The molecule has 1 fully saturated rings. The number of carbonyl (C=O) groups excluding carboxylic acids is 1. The molecule has 2 N–H and O–H groups in total. The second kappa shape index (κ2) is 6.84. The first kappa shape index (κ1) is 15.7. The Morgan fingerprint density at radius 1 is 1.57 bits per heavy atom. The van der Waals surface area contributed by atoms with Crippen LogP contribution >= 0.6 is 11.8 Å². The molecule has 2 unspecified atom stereocenters. The molecule has 2 amide bonds. The molecule has 21 heavy (non-hydrogen) atoms. The SMILES string of the molecule is CCC1SCC(C(=O)O)N1C(=O)NCCc1nccn1C. The average molecular weight is 312 g/mol. The molecule has 1 aromatic rings. The van der Waals surface area contributed by atoms with Crippen molar-refractivity contribution >= 4 is 23.8 Å². The molecular formula is C13H20N4O3S. The third kappa shape index (κ3) is 3.49. The van der Waals surface area contributed by atoms with Crippen LogP contribution in [-0.4, -0.2) is 55.3 Å². The van der Waals surface area contributed by atoms with Gasteiger partial charge in [-0.1, -0.05) is 6.92 Å². The van der Waals surface area contributed by atoms with Crippen LogP contribution in [0.3, 0.4) is 0 Å². The van der Waals surface area contributed by atoms with E-state index >= 15 is 0 Å². The Balaban J connectivity index is 1.91. The van der Waals surface area contributed by atoms with Gasteiger partial charge >= 0.3 is 12.0 Å². The van der Waals surface area contributed by atoms with Crippen LogP contribution in [0.5, 0.6) is 0 Å². The molecule has 0 aromatic carbocycles. The number of hydrogen-bond acceptors (Lipinski definition) is 4. The quantitative estimate of drug-likeness (QED) is 0.844. The van der Waals surface area contributed by atoms with Crippen molar-refractivity contribution in [2.24, 2.45) is 7.05 Å². The number of amides is 2. The van der Waals surface area contributed by atoms with E-state index in [4.69, 9.17) is 0 Å². The second-order valence-corrected chi connectivity index (χ2v) is 6.10. The Bertz CT molecular complexity index is 519. The number of nitrogens with one attached hydrogen (secondary N) is 1. The van der Waals surface area contributed by atoms with Crippen LogP contribution in [0.1, 0.15) is 19.2 Å². The predicted molar refractivity (Wildman–Crippen MR) is 80.1 cm³/mol. The second-order valence-electron chi connectivity index (χ2n) is 4.89. The number of carbonyl (C=O) groups is 2. The van der Waals surface area contributed by atoms with Gasteiger partial charge in [0.15, 0.2) is 0 Å². The maximum Gasteiger partial charge on any atom is 0.327 e. The van der Waals surface area contributed by atoms with E-state index in [1.807, 2.05) is 24.7 Å². The summed E-state index contributed by atoms with van der Waals surface area (Å²) < 4.78 is 1.90. The molecule has 0 bridgehead atoms. The van der Waals surface area contributed by atoms with E-state index in [1.165, 1.54) is 16.7 Å². The van der Waals surface area contributed by atoms with Crippen LogP contribution in [0.2, 0.25) is 0 Å². The van der Waals surface area contributed by atoms with Crippen molar-refractivity contribution in [1.82, 2.24) is 19.8 Å². The summed E-state index contributed by atoms with van der Waals surface area (Å²) >= 11 is 1.52. The summed E-state index contributed by atoms with van der Waals surface area (Å²) in [5, 5.41) is 11.9. The smallest absolute Gasteiger partial charge is 0.327 e. The molecule has 116 valence electrons. The minimum Gasteiger partial charge on any atom is -0.480 e. The molecule has 1 saturated heterocycles. The van der Waals surface area contributed by atoms with Crippen molar-refractivity contribution in [2.75, 3.05) is 12.3 Å². The Kier molecular flexibility index (Phi) is 5.11. The van der Waals surface area contributed by atoms with Crippen molar-refractivity contribution in [2.45, 2.75) is 31.2 Å². The number of rotatable bonds is 5. The van der Waals surface area contributed by atoms with Gasteiger partial charge in [-0.3, -0.25) is 4.90 Å². The first-order chi connectivity index (χ1) is 10.0. The molecular weight excluding hydrogens is 292 g/mol. The van der Waals surface area contributed by atoms with Crippen LogP contribution in [-0.2, 0) is 18.3 Å². The standard InChI is InChI=1S/C13H20N4O3S/c1-3-11-17(9(8-21-11)12(18)19)13(20)15-5-4-10-14-6-7-16(10)2/h6-7,9,11H,3-5,8H2,1-2H3,(H,15,20)(H,18,19). The van der Waals surface area contributed by atoms with Crippen molar-refractivity contribution in [1.29, 1.82) is 0 Å². The topological polar surface area (TPSA) is 87.5 Å². The van der Waals surface area contributed by atoms with Gasteiger partial charge in [0.05, 0.1) is 5.37 Å². The van der Waals surface area contributed by atoms with E-state index in [0.717, 1.165) is 12.2 Å². The summed E-state index contributed by atoms with van der Waals surface area (Å²) in [6.07, 6.45) is 4.91. The number of imidazole rings is 1. The third-order valence-corrected chi connectivity index (χ3v) is 4.96. The molecule has 0 saturated carbocycles. The number of urea groups is 1. The number of aryl methyl sites for hydroxylation is 1. The predicted octanol–water partition coefficient (Wildman–Crippen LogP) is 0.910. The first-order valence-corrected chi connectivity index (χ1v) is 7.96. The molecule has 2 atom stereocenters. The van der Waals surface area contributed by atoms with E-state index in [1.54, 1.807) is 6.20 Å². The maximum atomic E-state index is 12.3. The molecule has 1 aliphatic rings. The molecule has 0 aliphatic carbocycles. The lowest BCUT2D eigenvalue weighted by Gasteiger charge is -2.26. The van der Waals surface area contributed by atoms with Crippen LogP contribution in [0.15, 0.2) is 12.4 Å². The molecule has 2 heterocycles. The van der Waals surface area contributed by atoms with E-state index in [0.29, 0.717) is 18.7 Å². The monoisotopic (exact) mass is 312 g/mol. The van der Waals surface area contributed by atoms with Crippen LogP contribution < -0.4 is 5.32 Å². The number of hydrogen-bond donors (Lipinski definition) is 2. The summed E-state index contributed by atoms with van der Waals surface area (Å²) in [5.41, 5.74) is 0. The molecule has 1 aromatic heterocycles. The molecule has 0 spiro atoms. The van der Waals surface area contributed by atoms with Gasteiger partial charge in [0.1, 0.15) is 11.9 Å². The summed E-state index contributed by atoms with van der Waals surface area (Å²) in [6, 6.07) is -1.05. The fourth-order valence-corrected chi connectivity index (χ4v) is 3.70. The van der Waals surface area contributed by atoms with Crippen LogP contribution in [0.25, 0.3) is 0 Å². The Labute approximate surface area is 127 Å². The lowest BCUT2D eigenvalue weighted by Crippen LogP contribution is -2.50. The lowest BCUT2D eigenvalue weighted by atomic mass is 10.2. The van der Waals surface area contributed by atoms with Crippen molar-refractivity contribution in [3.8, 4) is 0 Å². The zero-order valence-electron chi connectivity index (χ0n) is 12.2.